The molecule has 1 heterocycles. The first-order valence-corrected chi connectivity index (χ1v) is 6.90. The normalized spacial score (nSPS) is 18.2. The van der Waals surface area contributed by atoms with E-state index in [0.29, 0.717) is 12.4 Å². The van der Waals surface area contributed by atoms with Gasteiger partial charge in [-0.3, -0.25) is 0 Å². The fraction of sp³-hybridized carbons (Fsp3) is 0.600. The van der Waals surface area contributed by atoms with Crippen LogP contribution in [-0.2, 0) is 11.3 Å². The number of hydrogen-bond acceptors (Lipinski definition) is 4. The molecule has 1 fully saturated rings. The fourth-order valence-corrected chi connectivity index (χ4v) is 2.25. The highest BCUT2D eigenvalue weighted by atomic mass is 16.5. The summed E-state index contributed by atoms with van der Waals surface area (Å²) in [5.41, 5.74) is 1.26. The average Bonchev–Trinajstić information content (AvgIpc) is 2.41. The number of phenolic OH excluding ortho intramolecular Hbond substituents is 1. The molecular formula is C15H23NO3. The molecule has 1 aliphatic rings. The van der Waals surface area contributed by atoms with Crippen LogP contribution in [0, 0.1) is 0 Å². The minimum atomic E-state index is 0.141. The van der Waals surface area contributed by atoms with Crippen LogP contribution in [0.1, 0.15) is 32.3 Å². The highest BCUT2D eigenvalue weighted by Gasteiger charge is 2.26. The zero-order valence-electron chi connectivity index (χ0n) is 11.7. The van der Waals surface area contributed by atoms with Crippen LogP contribution in [0.25, 0.3) is 0 Å². The summed E-state index contributed by atoms with van der Waals surface area (Å²) in [6.45, 7) is 7.12. The van der Waals surface area contributed by atoms with Gasteiger partial charge in [0.15, 0.2) is 11.5 Å². The second kappa shape index (κ2) is 6.26. The van der Waals surface area contributed by atoms with Gasteiger partial charge < -0.3 is 19.9 Å². The molecule has 0 radical (unpaired) electrons. The largest absolute Gasteiger partial charge is 0.504 e. The van der Waals surface area contributed by atoms with Gasteiger partial charge >= 0.3 is 0 Å². The van der Waals surface area contributed by atoms with Crippen molar-refractivity contribution >= 4 is 0 Å². The lowest BCUT2D eigenvalue weighted by molar-refractivity contribution is 0.0446. The maximum Gasteiger partial charge on any atom is 0.161 e. The molecule has 0 bridgehead atoms. The number of ether oxygens (including phenoxy) is 2. The van der Waals surface area contributed by atoms with Gasteiger partial charge in [0.2, 0.25) is 0 Å². The van der Waals surface area contributed by atoms with E-state index >= 15 is 0 Å². The van der Waals surface area contributed by atoms with Gasteiger partial charge in [-0.1, -0.05) is 6.07 Å². The van der Waals surface area contributed by atoms with E-state index in [1.165, 1.54) is 0 Å². The third-order valence-electron chi connectivity index (χ3n) is 3.64. The first-order chi connectivity index (χ1) is 9.13. The van der Waals surface area contributed by atoms with Gasteiger partial charge in [0.1, 0.15) is 0 Å². The summed E-state index contributed by atoms with van der Waals surface area (Å²) in [4.78, 5) is 0. The van der Waals surface area contributed by atoms with E-state index in [2.05, 4.69) is 12.2 Å². The van der Waals surface area contributed by atoms with Crippen molar-refractivity contribution in [1.29, 1.82) is 0 Å². The van der Waals surface area contributed by atoms with Crippen molar-refractivity contribution in [2.24, 2.45) is 0 Å². The number of aromatic hydroxyl groups is 1. The lowest BCUT2D eigenvalue weighted by Gasteiger charge is -2.34. The molecule has 4 nitrogen and oxygen atoms in total. The molecule has 1 aliphatic heterocycles. The summed E-state index contributed by atoms with van der Waals surface area (Å²) in [6.07, 6.45) is 2.06. The summed E-state index contributed by atoms with van der Waals surface area (Å²) in [5, 5.41) is 13.3. The van der Waals surface area contributed by atoms with Crippen molar-refractivity contribution in [3.63, 3.8) is 0 Å². The van der Waals surface area contributed by atoms with Gasteiger partial charge in [0.05, 0.1) is 6.61 Å². The summed E-state index contributed by atoms with van der Waals surface area (Å²) in [7, 11) is 0. The van der Waals surface area contributed by atoms with Crippen LogP contribution in [0.15, 0.2) is 18.2 Å². The van der Waals surface area contributed by atoms with Crippen LogP contribution in [0.2, 0.25) is 0 Å². The van der Waals surface area contributed by atoms with E-state index < -0.39 is 0 Å². The number of phenols is 1. The molecule has 0 atom stereocenters. The van der Waals surface area contributed by atoms with Crippen molar-refractivity contribution in [2.45, 2.75) is 38.8 Å². The molecule has 106 valence electrons. The molecule has 19 heavy (non-hydrogen) atoms. The van der Waals surface area contributed by atoms with Crippen LogP contribution in [0.3, 0.4) is 0 Å². The first kappa shape index (κ1) is 14.2. The summed E-state index contributed by atoms with van der Waals surface area (Å²) < 4.78 is 10.8. The van der Waals surface area contributed by atoms with Gasteiger partial charge in [0, 0.05) is 25.3 Å². The smallest absolute Gasteiger partial charge is 0.161 e. The second-order valence-corrected chi connectivity index (χ2v) is 5.26. The monoisotopic (exact) mass is 265 g/mol. The van der Waals surface area contributed by atoms with Crippen LogP contribution >= 0.6 is 0 Å². The van der Waals surface area contributed by atoms with Crippen molar-refractivity contribution in [3.8, 4) is 11.5 Å². The maximum atomic E-state index is 9.67. The number of hydrogen-bond donors (Lipinski definition) is 2. The van der Waals surface area contributed by atoms with Crippen molar-refractivity contribution in [1.82, 2.24) is 5.32 Å². The Morgan fingerprint density at radius 2 is 2.11 bits per heavy atom. The van der Waals surface area contributed by atoms with Gasteiger partial charge in [0.25, 0.3) is 0 Å². The molecule has 1 saturated heterocycles. The zero-order valence-corrected chi connectivity index (χ0v) is 11.7. The Labute approximate surface area is 114 Å². The first-order valence-electron chi connectivity index (χ1n) is 6.90. The van der Waals surface area contributed by atoms with E-state index in [0.717, 1.165) is 38.2 Å². The standard InChI is InChI=1S/C15H23NO3/c1-3-19-14-10-12(4-5-13(14)17)11-16-15(2)6-8-18-9-7-15/h4-5,10,16-17H,3,6-9,11H2,1-2H3. The fourth-order valence-electron chi connectivity index (χ4n) is 2.25. The van der Waals surface area contributed by atoms with Crippen molar-refractivity contribution < 1.29 is 14.6 Å². The van der Waals surface area contributed by atoms with E-state index in [9.17, 15) is 5.11 Å². The van der Waals surface area contributed by atoms with Crippen LogP contribution in [0.5, 0.6) is 11.5 Å². The minimum Gasteiger partial charge on any atom is -0.504 e. The topological polar surface area (TPSA) is 50.7 Å². The Bertz CT molecular complexity index is 414. The summed E-state index contributed by atoms with van der Waals surface area (Å²) in [6, 6.07) is 5.51. The van der Waals surface area contributed by atoms with Gasteiger partial charge in [-0.15, -0.1) is 0 Å². The molecule has 0 unspecified atom stereocenters. The Morgan fingerprint density at radius 1 is 1.37 bits per heavy atom. The lowest BCUT2D eigenvalue weighted by Crippen LogP contribution is -2.46. The minimum absolute atomic E-state index is 0.141. The number of rotatable bonds is 5. The van der Waals surface area contributed by atoms with E-state index in [1.807, 2.05) is 19.1 Å². The molecule has 0 aromatic heterocycles. The Balaban J connectivity index is 1.97. The van der Waals surface area contributed by atoms with Crippen LogP contribution in [-0.4, -0.2) is 30.5 Å². The molecule has 1 aromatic rings. The maximum absolute atomic E-state index is 9.67. The van der Waals surface area contributed by atoms with Gasteiger partial charge in [-0.05, 0) is 44.4 Å². The molecule has 1 aromatic carbocycles. The Morgan fingerprint density at radius 3 is 2.79 bits per heavy atom. The SMILES string of the molecule is CCOc1cc(CNC2(C)CCOCC2)ccc1O. The highest BCUT2D eigenvalue weighted by Crippen LogP contribution is 2.27. The van der Waals surface area contributed by atoms with Crippen LogP contribution in [0.4, 0.5) is 0 Å². The molecule has 0 saturated carbocycles. The quantitative estimate of drug-likeness (QED) is 0.858. The zero-order chi connectivity index (χ0) is 13.7. The molecule has 0 spiro atoms. The van der Waals surface area contributed by atoms with E-state index in [4.69, 9.17) is 9.47 Å². The molecule has 2 N–H and O–H groups in total. The molecule has 2 rings (SSSR count). The van der Waals surface area contributed by atoms with E-state index in [-0.39, 0.29) is 11.3 Å². The molecule has 0 amide bonds. The lowest BCUT2D eigenvalue weighted by atomic mass is 9.92. The highest BCUT2D eigenvalue weighted by molar-refractivity contribution is 5.41. The second-order valence-electron chi connectivity index (χ2n) is 5.26. The molecule has 0 aliphatic carbocycles. The van der Waals surface area contributed by atoms with Gasteiger partial charge in [-0.25, -0.2) is 0 Å². The van der Waals surface area contributed by atoms with Crippen molar-refractivity contribution in [2.75, 3.05) is 19.8 Å². The van der Waals surface area contributed by atoms with Crippen LogP contribution < -0.4 is 10.1 Å². The predicted molar refractivity (Wildman–Crippen MR) is 74.6 cm³/mol. The Hall–Kier alpha value is -1.26. The Kier molecular flexibility index (Phi) is 4.66. The summed E-state index contributed by atoms with van der Waals surface area (Å²) in [5.74, 6) is 0.752. The summed E-state index contributed by atoms with van der Waals surface area (Å²) >= 11 is 0. The van der Waals surface area contributed by atoms with Crippen molar-refractivity contribution in [3.05, 3.63) is 23.8 Å². The van der Waals surface area contributed by atoms with Gasteiger partial charge in [-0.2, -0.15) is 0 Å². The molecular weight excluding hydrogens is 242 g/mol. The third kappa shape index (κ3) is 3.85. The predicted octanol–water partition coefficient (Wildman–Crippen LogP) is 2.45. The number of nitrogens with one attached hydrogen (secondary N) is 1. The average molecular weight is 265 g/mol. The molecule has 4 heteroatoms. The number of benzene rings is 1. The third-order valence-corrected chi connectivity index (χ3v) is 3.64. The van der Waals surface area contributed by atoms with E-state index in [1.54, 1.807) is 6.07 Å².